The normalized spacial score (nSPS) is 18.2. The number of aromatic amines is 2. The molecule has 124 valence electrons. The first-order valence-electron chi connectivity index (χ1n) is 8.24. The molecule has 0 bridgehead atoms. The van der Waals surface area contributed by atoms with Gasteiger partial charge in [-0.2, -0.15) is 5.10 Å². The minimum absolute atomic E-state index is 0.125. The number of benzene rings is 1. The zero-order valence-electron chi connectivity index (χ0n) is 13.3. The Balaban J connectivity index is 1.45. The summed E-state index contributed by atoms with van der Waals surface area (Å²) in [6.45, 7) is 2.43. The Hall–Kier alpha value is -2.67. The van der Waals surface area contributed by atoms with Crippen LogP contribution >= 0.6 is 0 Å². The number of para-hydroxylation sites is 1. The van der Waals surface area contributed by atoms with Crippen molar-refractivity contribution in [2.75, 3.05) is 18.0 Å². The standard InChI is InChI=1S/C17H20N6O/c24-17-16(18-6-7-19-17)23-8-2-5-14(11-23)20-9-12-3-1-4-13-10-21-22-15(12)13/h1,3-4,6-7,10,14,20H,2,5,8-9,11H2,(H,19,24)(H,21,22). The van der Waals surface area contributed by atoms with Crippen LogP contribution in [0, 0.1) is 0 Å². The van der Waals surface area contributed by atoms with Crippen LogP contribution in [0.15, 0.2) is 41.6 Å². The van der Waals surface area contributed by atoms with Gasteiger partial charge in [0.1, 0.15) is 0 Å². The molecule has 2 aromatic heterocycles. The lowest BCUT2D eigenvalue weighted by Crippen LogP contribution is -2.47. The average Bonchev–Trinajstić information content (AvgIpc) is 3.10. The number of hydrogen-bond acceptors (Lipinski definition) is 5. The maximum atomic E-state index is 11.9. The summed E-state index contributed by atoms with van der Waals surface area (Å²) >= 11 is 0. The van der Waals surface area contributed by atoms with Gasteiger partial charge in [-0.1, -0.05) is 18.2 Å². The van der Waals surface area contributed by atoms with E-state index in [1.54, 1.807) is 12.4 Å². The molecule has 1 aromatic carbocycles. The first-order chi connectivity index (χ1) is 11.8. The quantitative estimate of drug-likeness (QED) is 0.675. The Kier molecular flexibility index (Phi) is 4.00. The summed E-state index contributed by atoms with van der Waals surface area (Å²) in [7, 11) is 0. The molecule has 1 aliphatic heterocycles. The lowest BCUT2D eigenvalue weighted by atomic mass is 10.0. The molecule has 0 aliphatic carbocycles. The molecule has 0 amide bonds. The highest BCUT2D eigenvalue weighted by Crippen LogP contribution is 2.18. The van der Waals surface area contributed by atoms with E-state index in [1.165, 1.54) is 5.56 Å². The van der Waals surface area contributed by atoms with E-state index in [1.807, 2.05) is 6.20 Å². The third kappa shape index (κ3) is 2.90. The maximum Gasteiger partial charge on any atom is 0.290 e. The van der Waals surface area contributed by atoms with Crippen LogP contribution in [0.1, 0.15) is 18.4 Å². The second-order valence-corrected chi connectivity index (χ2v) is 6.16. The Morgan fingerprint density at radius 2 is 2.33 bits per heavy atom. The zero-order chi connectivity index (χ0) is 16.4. The van der Waals surface area contributed by atoms with Crippen molar-refractivity contribution in [3.63, 3.8) is 0 Å². The van der Waals surface area contributed by atoms with Gasteiger partial charge in [-0.15, -0.1) is 0 Å². The van der Waals surface area contributed by atoms with E-state index < -0.39 is 0 Å². The third-order valence-electron chi connectivity index (χ3n) is 4.55. The molecule has 1 aliphatic rings. The Morgan fingerprint density at radius 3 is 3.25 bits per heavy atom. The van der Waals surface area contributed by atoms with E-state index in [4.69, 9.17) is 0 Å². The molecular formula is C17H20N6O. The van der Waals surface area contributed by atoms with Gasteiger partial charge in [0.25, 0.3) is 5.56 Å². The topological polar surface area (TPSA) is 89.7 Å². The lowest BCUT2D eigenvalue weighted by molar-refractivity contribution is 0.420. The molecule has 7 nitrogen and oxygen atoms in total. The fraction of sp³-hybridized carbons (Fsp3) is 0.353. The van der Waals surface area contributed by atoms with E-state index in [0.29, 0.717) is 11.9 Å². The molecule has 0 spiro atoms. The van der Waals surface area contributed by atoms with Crippen LogP contribution in [-0.2, 0) is 6.54 Å². The van der Waals surface area contributed by atoms with Gasteiger partial charge in [0, 0.05) is 43.5 Å². The van der Waals surface area contributed by atoms with Gasteiger partial charge in [-0.25, -0.2) is 4.98 Å². The number of nitrogens with zero attached hydrogens (tertiary/aromatic N) is 3. The molecule has 1 saturated heterocycles. The average molecular weight is 324 g/mol. The minimum atomic E-state index is -0.125. The van der Waals surface area contributed by atoms with E-state index in [-0.39, 0.29) is 5.56 Å². The van der Waals surface area contributed by atoms with E-state index in [9.17, 15) is 4.79 Å². The molecule has 24 heavy (non-hydrogen) atoms. The number of rotatable bonds is 4. The summed E-state index contributed by atoms with van der Waals surface area (Å²) in [5, 5.41) is 11.9. The molecule has 3 heterocycles. The van der Waals surface area contributed by atoms with Gasteiger partial charge >= 0.3 is 0 Å². The third-order valence-corrected chi connectivity index (χ3v) is 4.55. The maximum absolute atomic E-state index is 11.9. The van der Waals surface area contributed by atoms with Gasteiger partial charge in [0.15, 0.2) is 5.82 Å². The summed E-state index contributed by atoms with van der Waals surface area (Å²) in [5.74, 6) is 0.514. The summed E-state index contributed by atoms with van der Waals surface area (Å²) in [5.41, 5.74) is 2.16. The summed E-state index contributed by atoms with van der Waals surface area (Å²) in [6, 6.07) is 6.55. The van der Waals surface area contributed by atoms with Crippen molar-refractivity contribution < 1.29 is 0 Å². The fourth-order valence-corrected chi connectivity index (χ4v) is 3.34. The van der Waals surface area contributed by atoms with Crippen molar-refractivity contribution in [3.05, 3.63) is 52.7 Å². The highest BCUT2D eigenvalue weighted by Gasteiger charge is 2.22. The van der Waals surface area contributed by atoms with E-state index in [2.05, 4.69) is 48.6 Å². The van der Waals surface area contributed by atoms with Crippen LogP contribution in [0.4, 0.5) is 5.82 Å². The second kappa shape index (κ2) is 6.45. The number of aromatic nitrogens is 4. The predicted octanol–water partition coefficient (Wildman–Crippen LogP) is 1.40. The molecule has 3 aromatic rings. The second-order valence-electron chi connectivity index (χ2n) is 6.16. The summed E-state index contributed by atoms with van der Waals surface area (Å²) in [4.78, 5) is 20.9. The Labute approximate surface area is 139 Å². The number of hydrogen-bond donors (Lipinski definition) is 3. The number of fused-ring (bicyclic) bond motifs is 1. The number of nitrogens with one attached hydrogen (secondary N) is 3. The van der Waals surface area contributed by atoms with Crippen molar-refractivity contribution in [1.29, 1.82) is 0 Å². The fourth-order valence-electron chi connectivity index (χ4n) is 3.34. The minimum Gasteiger partial charge on any atom is -0.350 e. The molecule has 4 rings (SSSR count). The van der Waals surface area contributed by atoms with Crippen LogP contribution in [0.3, 0.4) is 0 Å². The van der Waals surface area contributed by atoms with Crippen LogP contribution in [-0.4, -0.2) is 39.3 Å². The molecule has 1 fully saturated rings. The zero-order valence-corrected chi connectivity index (χ0v) is 13.3. The summed E-state index contributed by atoms with van der Waals surface area (Å²) in [6.07, 6.45) is 7.18. The van der Waals surface area contributed by atoms with Crippen molar-refractivity contribution >= 4 is 16.7 Å². The Morgan fingerprint density at radius 1 is 1.38 bits per heavy atom. The SMILES string of the molecule is O=c1[nH]ccnc1N1CCCC(NCc2cccc3cn[nH]c23)C1. The van der Waals surface area contributed by atoms with Gasteiger partial charge in [0.2, 0.25) is 0 Å². The van der Waals surface area contributed by atoms with Crippen LogP contribution in [0.25, 0.3) is 10.9 Å². The highest BCUT2D eigenvalue weighted by molar-refractivity contribution is 5.81. The molecule has 0 saturated carbocycles. The van der Waals surface area contributed by atoms with E-state index in [0.717, 1.165) is 43.4 Å². The van der Waals surface area contributed by atoms with Crippen molar-refractivity contribution in [3.8, 4) is 0 Å². The van der Waals surface area contributed by atoms with Gasteiger partial charge in [0.05, 0.1) is 11.7 Å². The lowest BCUT2D eigenvalue weighted by Gasteiger charge is -2.33. The van der Waals surface area contributed by atoms with Crippen LogP contribution in [0.5, 0.6) is 0 Å². The summed E-state index contributed by atoms with van der Waals surface area (Å²) < 4.78 is 0. The number of H-pyrrole nitrogens is 2. The molecule has 3 N–H and O–H groups in total. The van der Waals surface area contributed by atoms with Gasteiger partial charge < -0.3 is 15.2 Å². The highest BCUT2D eigenvalue weighted by atomic mass is 16.1. The largest absolute Gasteiger partial charge is 0.350 e. The molecule has 1 unspecified atom stereocenters. The number of piperidine rings is 1. The van der Waals surface area contributed by atoms with E-state index >= 15 is 0 Å². The van der Waals surface area contributed by atoms with Gasteiger partial charge in [-0.3, -0.25) is 9.89 Å². The van der Waals surface area contributed by atoms with Crippen LogP contribution < -0.4 is 15.8 Å². The monoisotopic (exact) mass is 324 g/mol. The molecular weight excluding hydrogens is 304 g/mol. The Bertz CT molecular complexity index is 886. The van der Waals surface area contributed by atoms with Gasteiger partial charge in [-0.05, 0) is 18.4 Å². The van der Waals surface area contributed by atoms with Crippen LogP contribution in [0.2, 0.25) is 0 Å². The molecule has 7 heteroatoms. The van der Waals surface area contributed by atoms with Crippen molar-refractivity contribution in [2.45, 2.75) is 25.4 Å². The number of anilines is 1. The predicted molar refractivity (Wildman–Crippen MR) is 93.0 cm³/mol. The first-order valence-corrected chi connectivity index (χ1v) is 8.24. The first kappa shape index (κ1) is 14.9. The van der Waals surface area contributed by atoms with Crippen molar-refractivity contribution in [2.24, 2.45) is 0 Å². The molecule has 1 atom stereocenters. The van der Waals surface area contributed by atoms with Crippen molar-refractivity contribution in [1.82, 2.24) is 25.5 Å². The smallest absolute Gasteiger partial charge is 0.290 e. The molecule has 0 radical (unpaired) electrons.